The van der Waals surface area contributed by atoms with E-state index < -0.39 is 0 Å². The van der Waals surface area contributed by atoms with Crippen molar-refractivity contribution in [3.63, 3.8) is 0 Å². The van der Waals surface area contributed by atoms with E-state index in [2.05, 4.69) is 5.43 Å². The summed E-state index contributed by atoms with van der Waals surface area (Å²) < 4.78 is 5.78. The lowest BCUT2D eigenvalue weighted by atomic mass is 9.96. The minimum atomic E-state index is -0.128. The SMILES string of the molecule is NNC(=O)C1CCN(C(=O)COC2CCCCCC2)CC1. The highest BCUT2D eigenvalue weighted by Gasteiger charge is 2.27. The Balaban J connectivity index is 1.68. The monoisotopic (exact) mass is 297 g/mol. The van der Waals surface area contributed by atoms with Crippen LogP contribution in [-0.4, -0.2) is 42.5 Å². The number of hydrogen-bond donors (Lipinski definition) is 2. The third kappa shape index (κ3) is 4.97. The van der Waals surface area contributed by atoms with Gasteiger partial charge in [0.25, 0.3) is 0 Å². The summed E-state index contributed by atoms with van der Waals surface area (Å²) in [6.07, 6.45) is 8.73. The van der Waals surface area contributed by atoms with Crippen LogP contribution in [0.15, 0.2) is 0 Å². The summed E-state index contributed by atoms with van der Waals surface area (Å²) >= 11 is 0. The molecule has 1 saturated carbocycles. The number of piperidine rings is 1. The normalized spacial score (nSPS) is 21.9. The van der Waals surface area contributed by atoms with E-state index in [1.807, 2.05) is 0 Å². The van der Waals surface area contributed by atoms with Crippen molar-refractivity contribution in [2.75, 3.05) is 19.7 Å². The van der Waals surface area contributed by atoms with E-state index in [1.54, 1.807) is 4.90 Å². The van der Waals surface area contributed by atoms with Gasteiger partial charge in [0.15, 0.2) is 0 Å². The van der Waals surface area contributed by atoms with Crippen molar-refractivity contribution < 1.29 is 14.3 Å². The van der Waals surface area contributed by atoms with E-state index in [9.17, 15) is 9.59 Å². The zero-order valence-electron chi connectivity index (χ0n) is 12.7. The number of likely N-dealkylation sites (tertiary alicyclic amines) is 1. The molecular weight excluding hydrogens is 270 g/mol. The molecule has 1 aliphatic carbocycles. The number of hydrazine groups is 1. The lowest BCUT2D eigenvalue weighted by Crippen LogP contribution is -2.45. The van der Waals surface area contributed by atoms with Crippen LogP contribution in [0.4, 0.5) is 0 Å². The molecule has 2 amide bonds. The van der Waals surface area contributed by atoms with Crippen LogP contribution in [0.2, 0.25) is 0 Å². The maximum Gasteiger partial charge on any atom is 0.248 e. The summed E-state index contributed by atoms with van der Waals surface area (Å²) in [6, 6.07) is 0. The standard InChI is InChI=1S/C15H27N3O3/c16-17-15(20)12-7-9-18(10-8-12)14(19)11-21-13-5-3-1-2-4-6-13/h12-13H,1-11,16H2,(H,17,20). The van der Waals surface area contributed by atoms with Gasteiger partial charge >= 0.3 is 0 Å². The molecule has 0 spiro atoms. The molecule has 1 heterocycles. The van der Waals surface area contributed by atoms with Gasteiger partial charge in [-0.3, -0.25) is 15.0 Å². The molecule has 0 atom stereocenters. The fourth-order valence-corrected chi connectivity index (χ4v) is 3.20. The molecule has 3 N–H and O–H groups in total. The average Bonchev–Trinajstić information content (AvgIpc) is 2.80. The molecule has 2 rings (SSSR count). The number of nitrogens with one attached hydrogen (secondary N) is 1. The van der Waals surface area contributed by atoms with Gasteiger partial charge in [-0.25, -0.2) is 5.84 Å². The highest BCUT2D eigenvalue weighted by molar-refractivity contribution is 5.80. The maximum absolute atomic E-state index is 12.1. The van der Waals surface area contributed by atoms with Gasteiger partial charge in [0.1, 0.15) is 6.61 Å². The molecule has 21 heavy (non-hydrogen) atoms. The first kappa shape index (κ1) is 16.2. The Hall–Kier alpha value is -1.14. The van der Waals surface area contributed by atoms with E-state index in [4.69, 9.17) is 10.6 Å². The van der Waals surface area contributed by atoms with Crippen molar-refractivity contribution in [3.8, 4) is 0 Å². The van der Waals surface area contributed by atoms with Gasteiger partial charge in [0.2, 0.25) is 11.8 Å². The van der Waals surface area contributed by atoms with Crippen molar-refractivity contribution >= 4 is 11.8 Å². The minimum absolute atomic E-state index is 0.0471. The molecule has 1 saturated heterocycles. The van der Waals surface area contributed by atoms with Crippen LogP contribution in [0, 0.1) is 5.92 Å². The molecule has 2 aliphatic rings. The third-order valence-corrected chi connectivity index (χ3v) is 4.61. The van der Waals surface area contributed by atoms with E-state index >= 15 is 0 Å². The summed E-state index contributed by atoms with van der Waals surface area (Å²) in [5, 5.41) is 0. The first-order valence-electron chi connectivity index (χ1n) is 8.10. The Labute approximate surface area is 126 Å². The fourth-order valence-electron chi connectivity index (χ4n) is 3.20. The largest absolute Gasteiger partial charge is 0.368 e. The predicted octanol–water partition coefficient (Wildman–Crippen LogP) is 0.954. The van der Waals surface area contributed by atoms with E-state index in [1.165, 1.54) is 25.7 Å². The second-order valence-corrected chi connectivity index (χ2v) is 6.09. The van der Waals surface area contributed by atoms with E-state index in [-0.39, 0.29) is 30.4 Å². The molecule has 0 aromatic rings. The molecule has 0 unspecified atom stereocenters. The summed E-state index contributed by atoms with van der Waals surface area (Å²) in [5.41, 5.74) is 2.19. The van der Waals surface area contributed by atoms with Crippen LogP contribution in [0.25, 0.3) is 0 Å². The molecular formula is C15H27N3O3. The van der Waals surface area contributed by atoms with Gasteiger partial charge in [-0.2, -0.15) is 0 Å². The van der Waals surface area contributed by atoms with Gasteiger partial charge in [0, 0.05) is 19.0 Å². The van der Waals surface area contributed by atoms with E-state index in [0.717, 1.165) is 12.8 Å². The van der Waals surface area contributed by atoms with Crippen LogP contribution >= 0.6 is 0 Å². The Morgan fingerprint density at radius 3 is 2.24 bits per heavy atom. The fraction of sp³-hybridized carbons (Fsp3) is 0.867. The quantitative estimate of drug-likeness (QED) is 0.350. The number of hydrogen-bond acceptors (Lipinski definition) is 4. The summed E-state index contributed by atoms with van der Waals surface area (Å²) in [7, 11) is 0. The number of nitrogens with zero attached hydrogens (tertiary/aromatic N) is 1. The number of ether oxygens (including phenoxy) is 1. The number of amides is 2. The molecule has 0 bridgehead atoms. The second kappa shape index (κ2) is 8.34. The first-order chi connectivity index (χ1) is 10.2. The van der Waals surface area contributed by atoms with Crippen LogP contribution < -0.4 is 11.3 Å². The summed E-state index contributed by atoms with van der Waals surface area (Å²) in [6.45, 7) is 1.41. The smallest absolute Gasteiger partial charge is 0.248 e. The lowest BCUT2D eigenvalue weighted by Gasteiger charge is -2.31. The molecule has 2 fully saturated rings. The number of nitrogens with two attached hydrogens (primary N) is 1. The minimum Gasteiger partial charge on any atom is -0.368 e. The Morgan fingerprint density at radius 2 is 1.67 bits per heavy atom. The molecule has 6 heteroatoms. The first-order valence-corrected chi connectivity index (χ1v) is 8.10. The van der Waals surface area contributed by atoms with Crippen molar-refractivity contribution in [2.24, 2.45) is 11.8 Å². The Kier molecular flexibility index (Phi) is 6.45. The van der Waals surface area contributed by atoms with Crippen molar-refractivity contribution in [3.05, 3.63) is 0 Å². The molecule has 0 radical (unpaired) electrons. The van der Waals surface area contributed by atoms with E-state index in [0.29, 0.717) is 25.9 Å². The van der Waals surface area contributed by atoms with Gasteiger partial charge in [-0.05, 0) is 25.7 Å². The zero-order chi connectivity index (χ0) is 15.1. The average molecular weight is 297 g/mol. The van der Waals surface area contributed by atoms with Crippen LogP contribution in [-0.2, 0) is 14.3 Å². The predicted molar refractivity (Wildman–Crippen MR) is 79.1 cm³/mol. The van der Waals surface area contributed by atoms with Crippen molar-refractivity contribution in [1.82, 2.24) is 10.3 Å². The summed E-state index contributed by atoms with van der Waals surface area (Å²) in [4.78, 5) is 25.4. The molecule has 120 valence electrons. The molecule has 0 aromatic heterocycles. The maximum atomic E-state index is 12.1. The summed E-state index contributed by atoms with van der Waals surface area (Å²) in [5.74, 6) is 4.99. The number of carbonyl (C=O) groups excluding carboxylic acids is 2. The van der Waals surface area contributed by atoms with Crippen LogP contribution in [0.3, 0.4) is 0 Å². The van der Waals surface area contributed by atoms with Gasteiger partial charge in [-0.15, -0.1) is 0 Å². The van der Waals surface area contributed by atoms with Gasteiger partial charge < -0.3 is 9.64 Å². The van der Waals surface area contributed by atoms with Gasteiger partial charge in [-0.1, -0.05) is 25.7 Å². The highest BCUT2D eigenvalue weighted by Crippen LogP contribution is 2.21. The number of carbonyl (C=O) groups is 2. The van der Waals surface area contributed by atoms with Gasteiger partial charge in [0.05, 0.1) is 6.10 Å². The third-order valence-electron chi connectivity index (χ3n) is 4.61. The zero-order valence-corrected chi connectivity index (χ0v) is 12.7. The molecule has 0 aromatic carbocycles. The Morgan fingerprint density at radius 1 is 1.05 bits per heavy atom. The van der Waals surface area contributed by atoms with Crippen LogP contribution in [0.5, 0.6) is 0 Å². The molecule has 1 aliphatic heterocycles. The molecule has 6 nitrogen and oxygen atoms in total. The number of rotatable bonds is 4. The highest BCUT2D eigenvalue weighted by atomic mass is 16.5. The second-order valence-electron chi connectivity index (χ2n) is 6.09. The topological polar surface area (TPSA) is 84.7 Å². The van der Waals surface area contributed by atoms with Crippen molar-refractivity contribution in [1.29, 1.82) is 0 Å². The lowest BCUT2D eigenvalue weighted by molar-refractivity contribution is -0.141. The Bertz CT molecular complexity index is 346. The van der Waals surface area contributed by atoms with Crippen LogP contribution in [0.1, 0.15) is 51.4 Å². The van der Waals surface area contributed by atoms with Crippen molar-refractivity contribution in [2.45, 2.75) is 57.5 Å².